The summed E-state index contributed by atoms with van der Waals surface area (Å²) < 4.78 is 4.76. The molecule has 0 aliphatic carbocycles. The number of rotatable bonds is 8. The van der Waals surface area contributed by atoms with Gasteiger partial charge in [0.25, 0.3) is 0 Å². The highest BCUT2D eigenvalue weighted by Crippen LogP contribution is 2.15. The molecule has 0 spiro atoms. The fourth-order valence-corrected chi connectivity index (χ4v) is 3.22. The standard InChI is InChI=1S/C19H34N2O4/c1-14(2)11-16(19(24)25-4)20-17(22)12-15(3)13-18(23)21-9-7-5-6-8-10-21/h14-16H,5-13H2,1-4H3,(H,20,22)/t15-,16+/m0/s1. The highest BCUT2D eigenvalue weighted by molar-refractivity contribution is 5.85. The molecule has 0 unspecified atom stereocenters. The average Bonchev–Trinajstić information content (AvgIpc) is 2.82. The molecule has 6 nitrogen and oxygen atoms in total. The molecule has 0 radical (unpaired) electrons. The predicted octanol–water partition coefficient (Wildman–Crippen LogP) is 2.51. The molecular weight excluding hydrogens is 320 g/mol. The molecule has 1 heterocycles. The maximum atomic E-state index is 12.4. The zero-order valence-electron chi connectivity index (χ0n) is 16.2. The Balaban J connectivity index is 2.45. The van der Waals surface area contributed by atoms with E-state index in [1.807, 2.05) is 25.7 Å². The molecule has 0 bridgehead atoms. The molecule has 1 N–H and O–H groups in total. The summed E-state index contributed by atoms with van der Waals surface area (Å²) in [5.41, 5.74) is 0. The van der Waals surface area contributed by atoms with Crippen LogP contribution in [0, 0.1) is 11.8 Å². The van der Waals surface area contributed by atoms with Crippen LogP contribution in [0.2, 0.25) is 0 Å². The number of likely N-dealkylation sites (tertiary alicyclic amines) is 1. The third-order valence-corrected chi connectivity index (χ3v) is 4.54. The van der Waals surface area contributed by atoms with Gasteiger partial charge in [-0.05, 0) is 31.1 Å². The summed E-state index contributed by atoms with van der Waals surface area (Å²) in [6, 6.07) is -0.619. The Morgan fingerprint density at radius 3 is 2.12 bits per heavy atom. The number of carbonyl (C=O) groups excluding carboxylic acids is 3. The SMILES string of the molecule is COC(=O)[C@@H](CC(C)C)NC(=O)C[C@H](C)CC(=O)N1CCCCCC1. The van der Waals surface area contributed by atoms with Crippen LogP contribution in [0.5, 0.6) is 0 Å². The lowest BCUT2D eigenvalue weighted by Gasteiger charge is -2.23. The van der Waals surface area contributed by atoms with E-state index >= 15 is 0 Å². The second kappa shape index (κ2) is 11.1. The monoisotopic (exact) mass is 354 g/mol. The van der Waals surface area contributed by atoms with Gasteiger partial charge in [0, 0.05) is 25.9 Å². The van der Waals surface area contributed by atoms with Crippen LogP contribution in [0.1, 0.15) is 65.7 Å². The third-order valence-electron chi connectivity index (χ3n) is 4.54. The van der Waals surface area contributed by atoms with Gasteiger partial charge >= 0.3 is 5.97 Å². The molecule has 1 aliphatic rings. The van der Waals surface area contributed by atoms with E-state index in [4.69, 9.17) is 4.74 Å². The lowest BCUT2D eigenvalue weighted by Crippen LogP contribution is -2.43. The highest BCUT2D eigenvalue weighted by Gasteiger charge is 2.24. The van der Waals surface area contributed by atoms with E-state index in [1.54, 1.807) is 0 Å². The molecule has 1 fully saturated rings. The Labute approximate surface area is 151 Å². The van der Waals surface area contributed by atoms with Crippen LogP contribution in [0.25, 0.3) is 0 Å². The minimum absolute atomic E-state index is 0.0481. The summed E-state index contributed by atoms with van der Waals surface area (Å²) in [5.74, 6) is -0.268. The molecule has 0 aromatic heterocycles. The van der Waals surface area contributed by atoms with Crippen molar-refractivity contribution in [1.29, 1.82) is 0 Å². The molecule has 1 rings (SSSR count). The van der Waals surface area contributed by atoms with E-state index < -0.39 is 12.0 Å². The largest absolute Gasteiger partial charge is 0.467 e. The molecule has 1 saturated heterocycles. The van der Waals surface area contributed by atoms with E-state index in [-0.39, 0.29) is 30.1 Å². The van der Waals surface area contributed by atoms with Crippen LogP contribution in [0.4, 0.5) is 0 Å². The van der Waals surface area contributed by atoms with Crippen molar-refractivity contribution in [3.63, 3.8) is 0 Å². The van der Waals surface area contributed by atoms with Gasteiger partial charge in [0.05, 0.1) is 7.11 Å². The van der Waals surface area contributed by atoms with Crippen molar-refractivity contribution in [1.82, 2.24) is 10.2 Å². The maximum absolute atomic E-state index is 12.4. The Morgan fingerprint density at radius 1 is 1.00 bits per heavy atom. The average molecular weight is 354 g/mol. The zero-order valence-corrected chi connectivity index (χ0v) is 16.2. The number of nitrogens with zero attached hydrogens (tertiary/aromatic N) is 1. The zero-order chi connectivity index (χ0) is 18.8. The van der Waals surface area contributed by atoms with Crippen LogP contribution in [-0.2, 0) is 19.1 Å². The van der Waals surface area contributed by atoms with Crippen LogP contribution < -0.4 is 5.32 Å². The van der Waals surface area contributed by atoms with E-state index in [1.165, 1.54) is 20.0 Å². The van der Waals surface area contributed by atoms with Gasteiger partial charge in [-0.25, -0.2) is 4.79 Å². The molecule has 1 aliphatic heterocycles. The Morgan fingerprint density at radius 2 is 1.60 bits per heavy atom. The summed E-state index contributed by atoms with van der Waals surface area (Å²) >= 11 is 0. The van der Waals surface area contributed by atoms with Crippen molar-refractivity contribution in [2.75, 3.05) is 20.2 Å². The van der Waals surface area contributed by atoms with E-state index in [9.17, 15) is 14.4 Å². The van der Waals surface area contributed by atoms with E-state index in [0.29, 0.717) is 12.8 Å². The minimum Gasteiger partial charge on any atom is -0.467 e. The lowest BCUT2D eigenvalue weighted by molar-refractivity contribution is -0.145. The fourth-order valence-electron chi connectivity index (χ4n) is 3.22. The number of esters is 1. The summed E-state index contributed by atoms with van der Waals surface area (Å²) in [6.07, 6.45) is 5.66. The quantitative estimate of drug-likeness (QED) is 0.680. The summed E-state index contributed by atoms with van der Waals surface area (Å²) in [7, 11) is 1.32. The van der Waals surface area contributed by atoms with Crippen molar-refractivity contribution in [2.45, 2.75) is 71.8 Å². The van der Waals surface area contributed by atoms with E-state index in [2.05, 4.69) is 5.32 Å². The Kier molecular flexibility index (Phi) is 9.53. The Bertz CT molecular complexity index is 443. The molecule has 0 aromatic carbocycles. The fraction of sp³-hybridized carbons (Fsp3) is 0.842. The molecule has 0 saturated carbocycles. The normalized spacial score (nSPS) is 17.6. The van der Waals surface area contributed by atoms with Gasteiger partial charge in [0.2, 0.25) is 11.8 Å². The second-order valence-electron chi connectivity index (χ2n) is 7.58. The van der Waals surface area contributed by atoms with Crippen LogP contribution in [0.3, 0.4) is 0 Å². The Hall–Kier alpha value is -1.59. The van der Waals surface area contributed by atoms with Gasteiger partial charge in [0.1, 0.15) is 6.04 Å². The second-order valence-corrected chi connectivity index (χ2v) is 7.58. The molecule has 2 amide bonds. The third kappa shape index (κ3) is 8.36. The van der Waals surface area contributed by atoms with Crippen molar-refractivity contribution in [3.8, 4) is 0 Å². The smallest absolute Gasteiger partial charge is 0.328 e. The summed E-state index contributed by atoms with van der Waals surface area (Å²) in [6.45, 7) is 7.55. The van der Waals surface area contributed by atoms with Gasteiger partial charge in [-0.1, -0.05) is 33.6 Å². The maximum Gasteiger partial charge on any atom is 0.328 e. The first-order valence-corrected chi connectivity index (χ1v) is 9.48. The first kappa shape index (κ1) is 21.5. The number of nitrogens with one attached hydrogen (secondary N) is 1. The number of hydrogen-bond acceptors (Lipinski definition) is 4. The van der Waals surface area contributed by atoms with Crippen molar-refractivity contribution >= 4 is 17.8 Å². The van der Waals surface area contributed by atoms with Crippen molar-refractivity contribution in [2.24, 2.45) is 11.8 Å². The molecule has 0 aromatic rings. The molecule has 144 valence electrons. The number of methoxy groups -OCH3 is 1. The van der Waals surface area contributed by atoms with Crippen molar-refractivity contribution in [3.05, 3.63) is 0 Å². The first-order chi connectivity index (χ1) is 11.8. The molecule has 25 heavy (non-hydrogen) atoms. The van der Waals surface area contributed by atoms with Gasteiger partial charge in [0.15, 0.2) is 0 Å². The van der Waals surface area contributed by atoms with Crippen LogP contribution in [0.15, 0.2) is 0 Å². The molecule has 2 atom stereocenters. The van der Waals surface area contributed by atoms with E-state index in [0.717, 1.165) is 25.9 Å². The van der Waals surface area contributed by atoms with Gasteiger partial charge in [-0.15, -0.1) is 0 Å². The van der Waals surface area contributed by atoms with Gasteiger partial charge in [-0.3, -0.25) is 9.59 Å². The summed E-state index contributed by atoms with van der Waals surface area (Å²) in [4.78, 5) is 38.3. The lowest BCUT2D eigenvalue weighted by atomic mass is 10.0. The van der Waals surface area contributed by atoms with Crippen LogP contribution >= 0.6 is 0 Å². The number of amides is 2. The van der Waals surface area contributed by atoms with Gasteiger partial charge in [-0.2, -0.15) is 0 Å². The van der Waals surface area contributed by atoms with Crippen LogP contribution in [-0.4, -0.2) is 48.9 Å². The predicted molar refractivity (Wildman–Crippen MR) is 96.8 cm³/mol. The minimum atomic E-state index is -0.619. The summed E-state index contributed by atoms with van der Waals surface area (Å²) in [5, 5.41) is 2.75. The van der Waals surface area contributed by atoms with Crippen molar-refractivity contribution < 1.29 is 19.1 Å². The number of ether oxygens (including phenoxy) is 1. The molecular formula is C19H34N2O4. The highest BCUT2D eigenvalue weighted by atomic mass is 16.5. The van der Waals surface area contributed by atoms with Gasteiger partial charge < -0.3 is 15.0 Å². The number of hydrogen-bond donors (Lipinski definition) is 1. The number of carbonyl (C=O) groups is 3. The topological polar surface area (TPSA) is 75.7 Å². The molecule has 6 heteroatoms. The first-order valence-electron chi connectivity index (χ1n) is 9.48.